The number of methoxy groups -OCH3 is 1. The van der Waals surface area contributed by atoms with Gasteiger partial charge in [0.05, 0.1) is 12.8 Å². The minimum absolute atomic E-state index is 0.223. The summed E-state index contributed by atoms with van der Waals surface area (Å²) in [5.41, 5.74) is 3.10. The molecule has 0 fully saturated rings. The third kappa shape index (κ3) is 4.53. The topological polar surface area (TPSA) is 91.2 Å². The van der Waals surface area contributed by atoms with Gasteiger partial charge in [-0.1, -0.05) is 6.07 Å². The van der Waals surface area contributed by atoms with Crippen LogP contribution in [0.15, 0.2) is 67.3 Å². The fourth-order valence-electron chi connectivity index (χ4n) is 2.94. The first-order valence-corrected chi connectivity index (χ1v) is 9.60. The van der Waals surface area contributed by atoms with Gasteiger partial charge in [0.25, 0.3) is 5.91 Å². The Hall–Kier alpha value is -4.20. The smallest absolute Gasteiger partial charge is 0.255 e. The average Bonchev–Trinajstić information content (AvgIpc) is 3.13. The van der Waals surface area contributed by atoms with Crippen molar-refractivity contribution in [1.82, 2.24) is 19.5 Å². The highest BCUT2D eigenvalue weighted by molar-refractivity contribution is 6.04. The number of nitrogens with zero attached hydrogens (tertiary/aromatic N) is 4. The summed E-state index contributed by atoms with van der Waals surface area (Å²) in [7, 11) is 1.56. The summed E-state index contributed by atoms with van der Waals surface area (Å²) < 4.78 is 12.9. The zero-order valence-electron chi connectivity index (χ0n) is 17.4. The van der Waals surface area contributed by atoms with Crippen LogP contribution in [0.2, 0.25) is 0 Å². The molecule has 4 aromatic rings. The van der Waals surface area contributed by atoms with E-state index in [1.54, 1.807) is 68.0 Å². The van der Waals surface area contributed by atoms with Crippen LogP contribution in [-0.4, -0.2) is 32.5 Å². The quantitative estimate of drug-likeness (QED) is 0.504. The molecule has 0 saturated carbocycles. The lowest BCUT2D eigenvalue weighted by atomic mass is 10.2. The van der Waals surface area contributed by atoms with Gasteiger partial charge in [0.1, 0.15) is 30.0 Å². The van der Waals surface area contributed by atoms with Crippen LogP contribution in [0, 0.1) is 13.8 Å². The number of amides is 1. The van der Waals surface area contributed by atoms with Crippen molar-refractivity contribution in [3.05, 3.63) is 84.2 Å². The van der Waals surface area contributed by atoms with E-state index in [1.807, 2.05) is 18.4 Å². The van der Waals surface area contributed by atoms with Crippen molar-refractivity contribution >= 4 is 11.6 Å². The van der Waals surface area contributed by atoms with Gasteiger partial charge in [-0.2, -0.15) is 0 Å². The predicted molar refractivity (Wildman–Crippen MR) is 116 cm³/mol. The largest absolute Gasteiger partial charge is 0.497 e. The summed E-state index contributed by atoms with van der Waals surface area (Å²) in [5, 5.41) is 2.85. The Balaban J connectivity index is 1.45. The van der Waals surface area contributed by atoms with Crippen molar-refractivity contribution in [2.75, 3.05) is 12.4 Å². The van der Waals surface area contributed by atoms with Gasteiger partial charge in [0.15, 0.2) is 0 Å². The lowest BCUT2D eigenvalue weighted by molar-refractivity contribution is 0.102. The van der Waals surface area contributed by atoms with E-state index in [0.29, 0.717) is 34.4 Å². The van der Waals surface area contributed by atoms with E-state index >= 15 is 0 Å². The van der Waals surface area contributed by atoms with Crippen LogP contribution in [0.5, 0.6) is 17.4 Å². The first kappa shape index (κ1) is 20.1. The fourth-order valence-corrected chi connectivity index (χ4v) is 2.94. The summed E-state index contributed by atoms with van der Waals surface area (Å²) in [6, 6.07) is 15.8. The number of rotatable bonds is 6. The van der Waals surface area contributed by atoms with Gasteiger partial charge in [-0.15, -0.1) is 0 Å². The number of nitrogens with one attached hydrogen (secondary N) is 1. The Morgan fingerprint density at radius 2 is 1.77 bits per heavy atom. The minimum atomic E-state index is -0.223. The minimum Gasteiger partial charge on any atom is -0.497 e. The molecule has 0 bridgehead atoms. The molecular weight excluding hydrogens is 394 g/mol. The summed E-state index contributed by atoms with van der Waals surface area (Å²) >= 11 is 0. The predicted octanol–water partition coefficient (Wildman–Crippen LogP) is 4.33. The van der Waals surface area contributed by atoms with Crippen LogP contribution in [-0.2, 0) is 0 Å². The van der Waals surface area contributed by atoms with Crippen molar-refractivity contribution in [1.29, 1.82) is 0 Å². The van der Waals surface area contributed by atoms with Crippen molar-refractivity contribution in [2.45, 2.75) is 13.8 Å². The van der Waals surface area contributed by atoms with Crippen molar-refractivity contribution in [2.24, 2.45) is 0 Å². The third-order valence-electron chi connectivity index (χ3n) is 4.79. The van der Waals surface area contributed by atoms with Crippen molar-refractivity contribution in [3.8, 4) is 23.2 Å². The number of aryl methyl sites for hydroxylation is 1. The number of imidazole rings is 1. The Morgan fingerprint density at radius 1 is 0.968 bits per heavy atom. The fraction of sp³-hybridized carbons (Fsp3) is 0.130. The maximum Gasteiger partial charge on any atom is 0.255 e. The molecule has 8 heteroatoms. The Bertz CT molecular complexity index is 1220. The molecule has 0 saturated heterocycles. The highest BCUT2D eigenvalue weighted by atomic mass is 16.5. The Labute approximate surface area is 179 Å². The molecule has 2 heterocycles. The number of benzene rings is 2. The molecule has 8 nitrogen and oxygen atoms in total. The second-order valence-corrected chi connectivity index (χ2v) is 6.81. The third-order valence-corrected chi connectivity index (χ3v) is 4.79. The molecular formula is C23H21N5O3. The second-order valence-electron chi connectivity index (χ2n) is 6.81. The SMILES string of the molecule is COc1cccc(C(=O)Nc2ccc(Oc3cc(-n4cnc(C)c4C)ncn3)cc2)c1. The van der Waals surface area contributed by atoms with Crippen LogP contribution in [0.25, 0.3) is 5.82 Å². The number of ether oxygens (including phenoxy) is 2. The van der Waals surface area contributed by atoms with E-state index in [9.17, 15) is 4.79 Å². The van der Waals surface area contributed by atoms with E-state index in [-0.39, 0.29) is 5.91 Å². The van der Waals surface area contributed by atoms with Crippen LogP contribution in [0.3, 0.4) is 0 Å². The van der Waals surface area contributed by atoms with Gasteiger partial charge in [0, 0.05) is 23.0 Å². The molecule has 0 aliphatic heterocycles. The molecule has 2 aromatic carbocycles. The number of aromatic nitrogens is 4. The summed E-state index contributed by atoms with van der Waals surface area (Å²) in [5.74, 6) is 2.07. The first-order chi connectivity index (χ1) is 15.0. The number of hydrogen-bond donors (Lipinski definition) is 1. The molecule has 0 spiro atoms. The first-order valence-electron chi connectivity index (χ1n) is 9.60. The van der Waals surface area contributed by atoms with Crippen LogP contribution in [0.4, 0.5) is 5.69 Å². The van der Waals surface area contributed by atoms with E-state index in [1.165, 1.54) is 6.33 Å². The van der Waals surface area contributed by atoms with Gasteiger partial charge in [-0.05, 0) is 56.3 Å². The van der Waals surface area contributed by atoms with E-state index in [0.717, 1.165) is 11.4 Å². The molecule has 0 radical (unpaired) electrons. The molecule has 4 rings (SSSR count). The monoisotopic (exact) mass is 415 g/mol. The van der Waals surface area contributed by atoms with E-state index in [4.69, 9.17) is 9.47 Å². The molecule has 0 aliphatic rings. The van der Waals surface area contributed by atoms with Gasteiger partial charge < -0.3 is 14.8 Å². The highest BCUT2D eigenvalue weighted by Gasteiger charge is 2.10. The van der Waals surface area contributed by atoms with Gasteiger partial charge in [-0.3, -0.25) is 9.36 Å². The molecule has 1 N–H and O–H groups in total. The number of anilines is 1. The summed E-state index contributed by atoms with van der Waals surface area (Å²) in [6.07, 6.45) is 3.17. The zero-order chi connectivity index (χ0) is 21.8. The molecule has 0 unspecified atom stereocenters. The summed E-state index contributed by atoms with van der Waals surface area (Å²) in [6.45, 7) is 3.92. The standard InChI is InChI=1S/C23H21N5O3/c1-15-16(2)28(14-26-15)21-12-22(25-13-24-21)31-19-9-7-18(8-10-19)27-23(29)17-5-4-6-20(11-17)30-3/h4-14H,1-3H3,(H,27,29). The lowest BCUT2D eigenvalue weighted by Gasteiger charge is -2.09. The van der Waals surface area contributed by atoms with Gasteiger partial charge in [-0.25, -0.2) is 15.0 Å². The normalized spacial score (nSPS) is 10.5. The number of carbonyl (C=O) groups excluding carboxylic acids is 1. The number of carbonyl (C=O) groups is 1. The van der Waals surface area contributed by atoms with Gasteiger partial charge >= 0.3 is 0 Å². The van der Waals surface area contributed by atoms with Crippen LogP contribution >= 0.6 is 0 Å². The molecule has 0 aliphatic carbocycles. The van der Waals surface area contributed by atoms with Gasteiger partial charge in [0.2, 0.25) is 5.88 Å². The van der Waals surface area contributed by atoms with Crippen molar-refractivity contribution < 1.29 is 14.3 Å². The zero-order valence-corrected chi connectivity index (χ0v) is 17.4. The maximum absolute atomic E-state index is 12.4. The van der Waals surface area contributed by atoms with Crippen molar-refractivity contribution in [3.63, 3.8) is 0 Å². The maximum atomic E-state index is 12.4. The Morgan fingerprint density at radius 3 is 2.48 bits per heavy atom. The Kier molecular flexibility index (Phi) is 5.61. The molecule has 1 amide bonds. The number of hydrogen-bond acceptors (Lipinski definition) is 6. The second kappa shape index (κ2) is 8.66. The van der Waals surface area contributed by atoms with E-state index < -0.39 is 0 Å². The van der Waals surface area contributed by atoms with E-state index in [2.05, 4.69) is 20.3 Å². The molecule has 2 aromatic heterocycles. The molecule has 0 atom stereocenters. The highest BCUT2D eigenvalue weighted by Crippen LogP contribution is 2.23. The lowest BCUT2D eigenvalue weighted by Crippen LogP contribution is -2.11. The molecule has 31 heavy (non-hydrogen) atoms. The molecule has 156 valence electrons. The van der Waals surface area contributed by atoms with Crippen LogP contribution in [0.1, 0.15) is 21.7 Å². The van der Waals surface area contributed by atoms with Crippen LogP contribution < -0.4 is 14.8 Å². The summed E-state index contributed by atoms with van der Waals surface area (Å²) in [4.78, 5) is 25.2. The average molecular weight is 415 g/mol.